The maximum atomic E-state index is 4.71. The molecule has 0 amide bonds. The minimum atomic E-state index is 0. The zero-order chi connectivity index (χ0) is 4.99. The van der Waals surface area contributed by atoms with Gasteiger partial charge in [0.2, 0.25) is 0 Å². The van der Waals surface area contributed by atoms with E-state index in [9.17, 15) is 0 Å². The van der Waals surface area contributed by atoms with Crippen LogP contribution in [0.3, 0.4) is 0 Å². The Morgan fingerprint density at radius 3 is 1.71 bits per heavy atom. The summed E-state index contributed by atoms with van der Waals surface area (Å²) in [6.07, 6.45) is 0.583. The lowest BCUT2D eigenvalue weighted by molar-refractivity contribution is 0.423. The molecule has 1 fully saturated rings. The van der Waals surface area contributed by atoms with Gasteiger partial charge >= 0.3 is 0 Å². The highest BCUT2D eigenvalue weighted by Crippen LogP contribution is 2.04. The van der Waals surface area contributed by atoms with Gasteiger partial charge in [0.25, 0.3) is 0 Å². The Labute approximate surface area is 46.0 Å². The van der Waals surface area contributed by atoms with E-state index in [1.54, 1.807) is 0 Å². The van der Waals surface area contributed by atoms with Crippen molar-refractivity contribution in [1.82, 2.24) is 0 Å². The maximum absolute atomic E-state index is 4.71. The molecule has 1 aliphatic heterocycles. The number of rotatable bonds is 0. The summed E-state index contributed by atoms with van der Waals surface area (Å²) in [5.41, 5.74) is 0. The van der Waals surface area contributed by atoms with Crippen LogP contribution in [-0.4, -0.2) is 12.7 Å². The van der Waals surface area contributed by atoms with E-state index in [1.807, 2.05) is 0 Å². The van der Waals surface area contributed by atoms with Crippen molar-refractivity contribution in [3.63, 3.8) is 0 Å². The summed E-state index contributed by atoms with van der Waals surface area (Å²) >= 11 is 0. The average Bonchev–Trinajstić information content (AvgIpc) is 2.30. The monoisotopic (exact) mass is 102 g/mol. The second kappa shape index (κ2) is 5.70. The molecule has 0 spiro atoms. The molecule has 1 unspecified atom stereocenters. The summed E-state index contributed by atoms with van der Waals surface area (Å²) in [6.45, 7) is 9.04. The van der Waals surface area contributed by atoms with Gasteiger partial charge < -0.3 is 4.74 Å². The van der Waals surface area contributed by atoms with Crippen LogP contribution < -0.4 is 0 Å². The topological polar surface area (TPSA) is 12.5 Å². The molecule has 1 aliphatic rings. The largest absolute Gasteiger partial charge is 0.373 e. The van der Waals surface area contributed by atoms with Gasteiger partial charge in [-0.05, 0) is 6.92 Å². The van der Waals surface area contributed by atoms with Crippen LogP contribution in [0.1, 0.15) is 14.4 Å². The Morgan fingerprint density at radius 1 is 1.57 bits per heavy atom. The third kappa shape index (κ3) is 10.7. The van der Waals surface area contributed by atoms with Gasteiger partial charge in [0.1, 0.15) is 0 Å². The molecule has 0 aromatic carbocycles. The summed E-state index contributed by atoms with van der Waals surface area (Å²) in [5.74, 6) is 0. The molecule has 44 valence electrons. The molecule has 1 heteroatoms. The van der Waals surface area contributed by atoms with Crippen molar-refractivity contribution in [1.29, 1.82) is 0 Å². The van der Waals surface area contributed by atoms with Gasteiger partial charge in [-0.25, -0.2) is 0 Å². The fourth-order valence-electron chi connectivity index (χ4n) is 0.0962. The van der Waals surface area contributed by atoms with Crippen LogP contribution >= 0.6 is 0 Å². The van der Waals surface area contributed by atoms with Crippen molar-refractivity contribution in [3.8, 4) is 0 Å². The van der Waals surface area contributed by atoms with Crippen LogP contribution in [0.4, 0.5) is 0 Å². The quantitative estimate of drug-likeness (QED) is 0.336. The number of hydrogen-bond acceptors (Lipinski definition) is 1. The standard InChI is InChI=1S/C3H6O.C2H4.CH4/c1-3-2-4-3;1-2;/h3H,2H2,1H3;1-2H2;1H4. The molecule has 0 aromatic heterocycles. The van der Waals surface area contributed by atoms with Crippen molar-refractivity contribution in [2.24, 2.45) is 0 Å². The molecule has 0 saturated carbocycles. The van der Waals surface area contributed by atoms with Crippen LogP contribution in [0.2, 0.25) is 0 Å². The average molecular weight is 102 g/mol. The van der Waals surface area contributed by atoms with Crippen molar-refractivity contribution in [3.05, 3.63) is 13.2 Å². The second-order valence-corrected chi connectivity index (χ2v) is 1.14. The summed E-state index contributed by atoms with van der Waals surface area (Å²) in [5, 5.41) is 0. The van der Waals surface area contributed by atoms with Crippen molar-refractivity contribution in [2.45, 2.75) is 20.5 Å². The SMILES string of the molecule is C.C=C.CC1CO1. The van der Waals surface area contributed by atoms with Crippen molar-refractivity contribution in [2.75, 3.05) is 6.61 Å². The highest BCUT2D eigenvalue weighted by atomic mass is 16.6. The third-order valence-corrected chi connectivity index (χ3v) is 0.500. The molecular formula is C6H14O. The Bertz CT molecular complexity index is 31.2. The lowest BCUT2D eigenvalue weighted by Crippen LogP contribution is -1.60. The van der Waals surface area contributed by atoms with Gasteiger partial charge in [0.15, 0.2) is 0 Å². The molecule has 1 heterocycles. The summed E-state index contributed by atoms with van der Waals surface area (Å²) in [7, 11) is 0. The first-order valence-electron chi connectivity index (χ1n) is 2.01. The van der Waals surface area contributed by atoms with E-state index in [0.717, 1.165) is 6.61 Å². The van der Waals surface area contributed by atoms with E-state index < -0.39 is 0 Å². The van der Waals surface area contributed by atoms with Crippen LogP contribution in [0, 0.1) is 0 Å². The Kier molecular flexibility index (Phi) is 8.02. The molecule has 0 N–H and O–H groups in total. The minimum Gasteiger partial charge on any atom is -0.373 e. The summed E-state index contributed by atoms with van der Waals surface area (Å²) in [4.78, 5) is 0. The molecule has 1 atom stereocenters. The smallest absolute Gasteiger partial charge is 0.0781 e. The van der Waals surface area contributed by atoms with Crippen LogP contribution in [-0.2, 0) is 4.74 Å². The number of hydrogen-bond donors (Lipinski definition) is 0. The lowest BCUT2D eigenvalue weighted by Gasteiger charge is -1.50. The van der Waals surface area contributed by atoms with E-state index in [2.05, 4.69) is 20.1 Å². The van der Waals surface area contributed by atoms with Gasteiger partial charge in [-0.15, -0.1) is 13.2 Å². The first-order chi connectivity index (χ1) is 2.89. The number of ether oxygens (including phenoxy) is 1. The second-order valence-electron chi connectivity index (χ2n) is 1.14. The van der Waals surface area contributed by atoms with E-state index in [0.29, 0.717) is 6.10 Å². The van der Waals surface area contributed by atoms with Crippen molar-refractivity contribution < 1.29 is 4.74 Å². The first kappa shape index (κ1) is 9.85. The zero-order valence-electron chi connectivity index (χ0n) is 4.11. The van der Waals surface area contributed by atoms with Gasteiger partial charge in [0.05, 0.1) is 12.7 Å². The molecule has 7 heavy (non-hydrogen) atoms. The normalized spacial score (nSPS) is 23.3. The Hall–Kier alpha value is -0.300. The highest BCUT2D eigenvalue weighted by Gasteiger charge is 2.13. The zero-order valence-corrected chi connectivity index (χ0v) is 4.11. The van der Waals surface area contributed by atoms with E-state index in [1.165, 1.54) is 0 Å². The summed E-state index contributed by atoms with van der Waals surface area (Å²) < 4.78 is 4.71. The van der Waals surface area contributed by atoms with Crippen LogP contribution in [0.25, 0.3) is 0 Å². The maximum Gasteiger partial charge on any atom is 0.0781 e. The van der Waals surface area contributed by atoms with E-state index >= 15 is 0 Å². The molecular weight excluding hydrogens is 88.1 g/mol. The summed E-state index contributed by atoms with van der Waals surface area (Å²) in [6, 6.07) is 0. The van der Waals surface area contributed by atoms with Gasteiger partial charge in [-0.3, -0.25) is 0 Å². The third-order valence-electron chi connectivity index (χ3n) is 0.500. The van der Waals surface area contributed by atoms with E-state index in [4.69, 9.17) is 4.74 Å². The van der Waals surface area contributed by atoms with Gasteiger partial charge in [-0.1, -0.05) is 7.43 Å². The minimum absolute atomic E-state index is 0. The fraction of sp³-hybridized carbons (Fsp3) is 0.667. The molecule has 1 rings (SSSR count). The molecule has 1 nitrogen and oxygen atoms in total. The predicted molar refractivity (Wildman–Crippen MR) is 33.4 cm³/mol. The predicted octanol–water partition coefficient (Wildman–Crippen LogP) is 1.84. The lowest BCUT2D eigenvalue weighted by atomic mass is 10.6. The van der Waals surface area contributed by atoms with Gasteiger partial charge in [-0.2, -0.15) is 0 Å². The van der Waals surface area contributed by atoms with Crippen LogP contribution in [0.15, 0.2) is 13.2 Å². The molecule has 0 radical (unpaired) electrons. The molecule has 0 bridgehead atoms. The first-order valence-corrected chi connectivity index (χ1v) is 2.01. The molecule has 1 saturated heterocycles. The van der Waals surface area contributed by atoms with E-state index in [-0.39, 0.29) is 7.43 Å². The number of epoxide rings is 1. The highest BCUT2D eigenvalue weighted by molar-refractivity contribution is 4.58. The fourth-order valence-corrected chi connectivity index (χ4v) is 0.0962. The Balaban J connectivity index is 0. The Morgan fingerprint density at radius 2 is 1.71 bits per heavy atom. The van der Waals surface area contributed by atoms with Crippen molar-refractivity contribution >= 4 is 0 Å². The molecule has 0 aliphatic carbocycles. The van der Waals surface area contributed by atoms with Crippen LogP contribution in [0.5, 0.6) is 0 Å². The molecule has 0 aromatic rings. The van der Waals surface area contributed by atoms with Gasteiger partial charge in [0, 0.05) is 0 Å².